The average Bonchev–Trinajstić information content (AvgIpc) is 3.66. The molecule has 6 N–H and O–H groups in total. The standard InChI is InChI=1S/C26H23ClN6O6S3/c27-20-7-5-16(11-21(20)28)22-12-26(39-33-22,15-31-42(37,38)18-9-10-40-14-18)25(34)32-24-8-6-17(13-30-24)19-3-1-2-4-23(19)41(29,35)36/h1-11,13-14,31H,12,15,28H2,(H2,29,35,36)(H,30,32,34)/t26-/m0/s1. The highest BCUT2D eigenvalue weighted by Gasteiger charge is 2.48. The van der Waals surface area contributed by atoms with Gasteiger partial charge < -0.3 is 15.9 Å². The number of rotatable bonds is 9. The summed E-state index contributed by atoms with van der Waals surface area (Å²) >= 11 is 7.24. The van der Waals surface area contributed by atoms with Gasteiger partial charge in [0.05, 0.1) is 32.8 Å². The van der Waals surface area contributed by atoms with Gasteiger partial charge in [-0.25, -0.2) is 31.7 Å². The topological polar surface area (TPSA) is 196 Å². The molecule has 0 saturated heterocycles. The van der Waals surface area contributed by atoms with Crippen LogP contribution in [0.4, 0.5) is 11.5 Å². The van der Waals surface area contributed by atoms with Crippen molar-refractivity contribution in [3.63, 3.8) is 0 Å². The lowest BCUT2D eigenvalue weighted by Gasteiger charge is -2.25. The Kier molecular flexibility index (Phi) is 8.06. The van der Waals surface area contributed by atoms with Gasteiger partial charge in [0.25, 0.3) is 5.91 Å². The van der Waals surface area contributed by atoms with Crippen LogP contribution in [0.15, 0.2) is 92.6 Å². The molecule has 0 radical (unpaired) electrons. The number of nitrogens with one attached hydrogen (secondary N) is 2. The summed E-state index contributed by atoms with van der Waals surface area (Å²) in [5.41, 5.74) is 6.12. The molecule has 1 atom stereocenters. The van der Waals surface area contributed by atoms with E-state index in [2.05, 4.69) is 20.2 Å². The maximum atomic E-state index is 13.7. The molecule has 0 unspecified atom stereocenters. The van der Waals surface area contributed by atoms with Crippen LogP contribution in [0.1, 0.15) is 12.0 Å². The van der Waals surface area contributed by atoms with Crippen LogP contribution < -0.4 is 20.9 Å². The first-order valence-electron chi connectivity index (χ1n) is 12.1. The Morgan fingerprint density at radius 3 is 2.50 bits per heavy atom. The van der Waals surface area contributed by atoms with Crippen LogP contribution in [0, 0.1) is 0 Å². The molecule has 4 aromatic rings. The number of amides is 1. The minimum atomic E-state index is -4.00. The van der Waals surface area contributed by atoms with E-state index >= 15 is 0 Å². The van der Waals surface area contributed by atoms with Crippen LogP contribution in [0.25, 0.3) is 11.1 Å². The Morgan fingerprint density at radius 1 is 1.07 bits per heavy atom. The van der Waals surface area contributed by atoms with Gasteiger partial charge in [-0.1, -0.05) is 41.0 Å². The second kappa shape index (κ2) is 11.4. The zero-order valence-electron chi connectivity index (χ0n) is 21.5. The zero-order valence-corrected chi connectivity index (χ0v) is 24.7. The van der Waals surface area contributed by atoms with Crippen LogP contribution in [0.2, 0.25) is 5.02 Å². The largest absolute Gasteiger partial charge is 0.398 e. The number of anilines is 2. The molecule has 0 saturated carbocycles. The summed E-state index contributed by atoms with van der Waals surface area (Å²) < 4.78 is 52.2. The van der Waals surface area contributed by atoms with Crippen LogP contribution >= 0.6 is 22.9 Å². The summed E-state index contributed by atoms with van der Waals surface area (Å²) in [5.74, 6) is -0.619. The summed E-state index contributed by atoms with van der Waals surface area (Å²) in [6.45, 7) is -0.451. The predicted molar refractivity (Wildman–Crippen MR) is 160 cm³/mol. The molecule has 0 spiro atoms. The Morgan fingerprint density at radius 2 is 1.83 bits per heavy atom. The number of nitrogens with two attached hydrogens (primary N) is 2. The van der Waals surface area contributed by atoms with Crippen LogP contribution in [-0.2, 0) is 29.7 Å². The number of benzene rings is 2. The van der Waals surface area contributed by atoms with Crippen molar-refractivity contribution in [2.45, 2.75) is 21.8 Å². The highest BCUT2D eigenvalue weighted by molar-refractivity contribution is 7.89. The number of halogens is 1. The van der Waals surface area contributed by atoms with Crippen LogP contribution in [0.3, 0.4) is 0 Å². The van der Waals surface area contributed by atoms with Crippen molar-refractivity contribution in [1.29, 1.82) is 0 Å². The van der Waals surface area contributed by atoms with Crippen molar-refractivity contribution in [1.82, 2.24) is 9.71 Å². The van der Waals surface area contributed by atoms with Crippen molar-refractivity contribution < 1.29 is 26.5 Å². The van der Waals surface area contributed by atoms with Crippen molar-refractivity contribution in [3.05, 3.63) is 88.2 Å². The molecule has 42 heavy (non-hydrogen) atoms. The fraction of sp³-hybridized carbons (Fsp3) is 0.115. The number of thiophene rings is 1. The van der Waals surface area contributed by atoms with Crippen molar-refractivity contribution in [2.75, 3.05) is 17.6 Å². The Hall–Kier alpha value is -3.86. The molecule has 2 aromatic heterocycles. The Bertz CT molecular complexity index is 1900. The van der Waals surface area contributed by atoms with Gasteiger partial charge in [-0.3, -0.25) is 4.79 Å². The monoisotopic (exact) mass is 646 g/mol. The minimum absolute atomic E-state index is 0.0460. The molecular formula is C26H23ClN6O6S3. The van der Waals surface area contributed by atoms with Gasteiger partial charge in [-0.05, 0) is 41.8 Å². The zero-order chi connectivity index (χ0) is 30.1. The van der Waals surface area contributed by atoms with Gasteiger partial charge in [-0.2, -0.15) is 11.3 Å². The number of carbonyl (C=O) groups excluding carboxylic acids is 1. The first kappa shape index (κ1) is 29.6. The number of hydrogen-bond acceptors (Lipinski definition) is 10. The summed E-state index contributed by atoms with van der Waals surface area (Å²) in [7, 11) is -7.95. The molecule has 0 bridgehead atoms. The second-order valence-electron chi connectivity index (χ2n) is 9.25. The number of sulfonamides is 2. The lowest BCUT2D eigenvalue weighted by molar-refractivity contribution is -0.137. The van der Waals surface area contributed by atoms with E-state index in [9.17, 15) is 21.6 Å². The van der Waals surface area contributed by atoms with Crippen molar-refractivity contribution in [2.24, 2.45) is 10.3 Å². The fourth-order valence-electron chi connectivity index (χ4n) is 4.16. The van der Waals surface area contributed by atoms with E-state index in [1.165, 1.54) is 41.1 Å². The maximum Gasteiger partial charge on any atom is 0.274 e. The van der Waals surface area contributed by atoms with Gasteiger partial charge in [0, 0.05) is 34.7 Å². The number of oxime groups is 1. The van der Waals surface area contributed by atoms with Crippen LogP contribution in [-0.4, -0.2) is 45.6 Å². The third-order valence-electron chi connectivity index (χ3n) is 6.39. The molecule has 1 aliphatic rings. The van der Waals surface area contributed by atoms with Gasteiger partial charge >= 0.3 is 0 Å². The molecule has 0 fully saturated rings. The summed E-state index contributed by atoms with van der Waals surface area (Å²) in [6, 6.07) is 15.4. The Labute approximate surface area is 250 Å². The normalized spacial score (nSPS) is 17.0. The lowest BCUT2D eigenvalue weighted by Crippen LogP contribution is -2.52. The van der Waals surface area contributed by atoms with Gasteiger partial charge in [0.2, 0.25) is 25.6 Å². The van der Waals surface area contributed by atoms with Crippen molar-refractivity contribution >= 4 is 66.1 Å². The molecule has 0 aliphatic carbocycles. The van der Waals surface area contributed by atoms with E-state index in [1.807, 2.05) is 0 Å². The third kappa shape index (κ3) is 6.16. The molecule has 3 heterocycles. The average molecular weight is 647 g/mol. The molecule has 16 heteroatoms. The molecule has 12 nitrogen and oxygen atoms in total. The summed E-state index contributed by atoms with van der Waals surface area (Å²) in [4.78, 5) is 23.5. The van der Waals surface area contributed by atoms with Gasteiger partial charge in [0.1, 0.15) is 5.82 Å². The predicted octanol–water partition coefficient (Wildman–Crippen LogP) is 3.17. The maximum absolute atomic E-state index is 13.7. The van der Waals surface area contributed by atoms with Crippen LogP contribution in [0.5, 0.6) is 0 Å². The number of nitrogens with zero attached hydrogens (tertiary/aromatic N) is 2. The minimum Gasteiger partial charge on any atom is -0.398 e. The molecule has 5 rings (SSSR count). The van der Waals surface area contributed by atoms with Gasteiger partial charge in [-0.15, -0.1) is 0 Å². The number of nitrogen functional groups attached to an aromatic ring is 1. The van der Waals surface area contributed by atoms with E-state index in [0.717, 1.165) is 0 Å². The lowest BCUT2D eigenvalue weighted by atomic mass is 9.93. The number of pyridine rings is 1. The molecular weight excluding hydrogens is 624 g/mol. The van der Waals surface area contributed by atoms with E-state index in [0.29, 0.717) is 33.1 Å². The summed E-state index contributed by atoms with van der Waals surface area (Å²) in [5, 5.41) is 15.5. The first-order valence-corrected chi connectivity index (χ1v) is 16.4. The second-order valence-corrected chi connectivity index (χ2v) is 13.7. The van der Waals surface area contributed by atoms with E-state index in [-0.39, 0.29) is 22.0 Å². The summed E-state index contributed by atoms with van der Waals surface area (Å²) in [6.07, 6.45) is 1.27. The highest BCUT2D eigenvalue weighted by Crippen LogP contribution is 2.31. The number of hydrogen-bond donors (Lipinski definition) is 4. The molecule has 1 aliphatic heterocycles. The smallest absolute Gasteiger partial charge is 0.274 e. The van der Waals surface area contributed by atoms with Crippen molar-refractivity contribution in [3.8, 4) is 11.1 Å². The fourth-order valence-corrected chi connectivity index (χ4v) is 7.15. The third-order valence-corrected chi connectivity index (χ3v) is 9.93. The molecule has 2 aromatic carbocycles. The highest BCUT2D eigenvalue weighted by atomic mass is 35.5. The Balaban J connectivity index is 1.40. The first-order chi connectivity index (χ1) is 19.9. The SMILES string of the molecule is Nc1cc(C2=NO[C@@](CNS(=O)(=O)c3ccsc3)(C(=O)Nc3ccc(-c4ccccc4S(N)(=O)=O)cn3)C2)ccc1Cl. The van der Waals surface area contributed by atoms with E-state index in [4.69, 9.17) is 27.3 Å². The number of aromatic nitrogens is 1. The van der Waals surface area contributed by atoms with Gasteiger partial charge in [0.15, 0.2) is 0 Å². The number of primary sulfonamides is 1. The number of carbonyl (C=O) groups is 1. The molecule has 218 valence electrons. The van der Waals surface area contributed by atoms with E-state index < -0.39 is 38.1 Å². The quantitative estimate of drug-likeness (QED) is 0.199. The van der Waals surface area contributed by atoms with E-state index in [1.54, 1.807) is 47.8 Å². The molecule has 1 amide bonds.